The maximum atomic E-state index is 13.7. The third-order valence-corrected chi connectivity index (χ3v) is 6.34. The number of carbonyl (C=O) groups excluding carboxylic acids is 1. The van der Waals surface area contributed by atoms with Crippen LogP contribution >= 0.6 is 11.6 Å². The number of hydrogen-bond donors (Lipinski definition) is 2. The summed E-state index contributed by atoms with van der Waals surface area (Å²) in [6.45, 7) is 1.59. The van der Waals surface area contributed by atoms with E-state index < -0.39 is 29.7 Å². The topological polar surface area (TPSA) is 124 Å². The number of carbonyl (C=O) groups is 1. The Bertz CT molecular complexity index is 1520. The molecule has 1 unspecified atom stereocenters. The van der Waals surface area contributed by atoms with Crippen LogP contribution in [0, 0.1) is 5.82 Å². The third-order valence-electron chi connectivity index (χ3n) is 6.05. The minimum atomic E-state index is -4.29. The van der Waals surface area contributed by atoms with Crippen molar-refractivity contribution in [3.63, 3.8) is 0 Å². The molecule has 1 aliphatic rings. The van der Waals surface area contributed by atoms with E-state index >= 15 is 0 Å². The van der Waals surface area contributed by atoms with E-state index in [4.69, 9.17) is 17.3 Å². The van der Waals surface area contributed by atoms with E-state index in [0.29, 0.717) is 11.2 Å². The zero-order valence-corrected chi connectivity index (χ0v) is 19.3. The monoisotopic (exact) mass is 520 g/mol. The van der Waals surface area contributed by atoms with E-state index in [1.807, 2.05) is 0 Å². The molecule has 36 heavy (non-hydrogen) atoms. The fourth-order valence-electron chi connectivity index (χ4n) is 4.23. The van der Waals surface area contributed by atoms with Crippen LogP contribution in [0.3, 0.4) is 0 Å². The number of rotatable bonds is 5. The number of nitrogen functional groups attached to an aromatic ring is 1. The molecule has 0 spiro atoms. The van der Waals surface area contributed by atoms with Crippen molar-refractivity contribution in [2.45, 2.75) is 37.8 Å². The lowest BCUT2D eigenvalue weighted by Gasteiger charge is -2.23. The van der Waals surface area contributed by atoms with Gasteiger partial charge in [-0.1, -0.05) is 17.7 Å². The van der Waals surface area contributed by atoms with Crippen LogP contribution in [-0.4, -0.2) is 41.6 Å². The Labute approximate surface area is 205 Å². The zero-order valence-electron chi connectivity index (χ0n) is 18.6. The van der Waals surface area contributed by atoms with Gasteiger partial charge in [-0.15, -0.1) is 0 Å². The number of aryl methyl sites for hydroxylation is 1. The second-order valence-electron chi connectivity index (χ2n) is 8.43. The van der Waals surface area contributed by atoms with E-state index in [1.165, 1.54) is 29.2 Å². The van der Waals surface area contributed by atoms with Gasteiger partial charge in [0, 0.05) is 6.42 Å². The quantitative estimate of drug-likeness (QED) is 0.380. The lowest BCUT2D eigenvalue weighted by Crippen LogP contribution is -2.33. The van der Waals surface area contributed by atoms with Crippen molar-refractivity contribution >= 4 is 34.8 Å². The van der Waals surface area contributed by atoms with Gasteiger partial charge in [-0.3, -0.25) is 4.79 Å². The molecular formula is C22H17ClF4N8O. The minimum absolute atomic E-state index is 0.00387. The molecule has 0 saturated heterocycles. The van der Waals surface area contributed by atoms with Crippen LogP contribution < -0.4 is 11.1 Å². The van der Waals surface area contributed by atoms with Crippen molar-refractivity contribution in [2.24, 2.45) is 0 Å². The van der Waals surface area contributed by atoms with Gasteiger partial charge in [0.1, 0.15) is 34.9 Å². The summed E-state index contributed by atoms with van der Waals surface area (Å²) in [4.78, 5) is 30.3. The Morgan fingerprint density at radius 2 is 2.00 bits per heavy atom. The number of halogens is 5. The number of anilines is 2. The van der Waals surface area contributed by atoms with Crippen LogP contribution in [0.1, 0.15) is 36.6 Å². The SMILES string of the molecule is CC1(c2ccc(F)c(Cl)c2)C(=O)Nc2nc(-c3cn4ncnc4c(CCCC(F)(F)F)n3)nc(N)c21. The number of nitrogens with one attached hydrogen (secondary N) is 1. The van der Waals surface area contributed by atoms with Gasteiger partial charge < -0.3 is 11.1 Å². The lowest BCUT2D eigenvalue weighted by atomic mass is 9.78. The van der Waals surface area contributed by atoms with Crippen molar-refractivity contribution in [2.75, 3.05) is 11.1 Å². The van der Waals surface area contributed by atoms with Gasteiger partial charge in [-0.05, 0) is 37.5 Å². The maximum Gasteiger partial charge on any atom is 0.389 e. The molecule has 1 aliphatic heterocycles. The highest BCUT2D eigenvalue weighted by Gasteiger charge is 2.47. The number of fused-ring (bicyclic) bond motifs is 2. The van der Waals surface area contributed by atoms with Crippen molar-refractivity contribution in [1.29, 1.82) is 0 Å². The standard InChI is InChI=1S/C22H17ClF4N8O/c1-21(10-4-5-12(24)11(23)7-10)15-16(28)32-17(33-18(15)34-20(21)36)14-8-35-19(29-9-30-35)13(31-14)3-2-6-22(25,26)27/h4-5,7-9H,2-3,6H2,1H3,(H3,28,32,33,34,36). The van der Waals surface area contributed by atoms with Crippen LogP contribution in [0.4, 0.5) is 29.2 Å². The van der Waals surface area contributed by atoms with Gasteiger partial charge in [0.05, 0.1) is 22.5 Å². The first kappa shape index (κ1) is 23.9. The summed E-state index contributed by atoms with van der Waals surface area (Å²) in [6.07, 6.45) is -2.74. The molecule has 4 aromatic rings. The fourth-order valence-corrected chi connectivity index (χ4v) is 4.41. The minimum Gasteiger partial charge on any atom is -0.383 e. The Balaban J connectivity index is 1.57. The predicted molar refractivity (Wildman–Crippen MR) is 122 cm³/mol. The van der Waals surface area contributed by atoms with Crippen molar-refractivity contribution in [3.8, 4) is 11.5 Å². The molecule has 4 heterocycles. The van der Waals surface area contributed by atoms with Gasteiger partial charge >= 0.3 is 6.18 Å². The summed E-state index contributed by atoms with van der Waals surface area (Å²) in [6, 6.07) is 3.92. The van der Waals surface area contributed by atoms with Gasteiger partial charge in [0.25, 0.3) is 0 Å². The molecule has 0 aliphatic carbocycles. The first-order valence-electron chi connectivity index (χ1n) is 10.7. The molecule has 1 aromatic carbocycles. The average molecular weight is 521 g/mol. The highest BCUT2D eigenvalue weighted by molar-refractivity contribution is 6.30. The molecule has 5 rings (SSSR count). The van der Waals surface area contributed by atoms with Gasteiger partial charge in [-0.25, -0.2) is 28.8 Å². The number of nitrogens with zero attached hydrogens (tertiary/aromatic N) is 6. The molecule has 14 heteroatoms. The van der Waals surface area contributed by atoms with E-state index in [0.717, 1.165) is 6.07 Å². The Hall–Kier alpha value is -3.87. The van der Waals surface area contributed by atoms with Crippen molar-refractivity contribution in [1.82, 2.24) is 29.5 Å². The first-order chi connectivity index (χ1) is 17.0. The van der Waals surface area contributed by atoms with Crippen molar-refractivity contribution < 1.29 is 22.4 Å². The molecule has 0 fully saturated rings. The largest absolute Gasteiger partial charge is 0.389 e. The summed E-state index contributed by atoms with van der Waals surface area (Å²) in [5.74, 6) is -0.976. The number of benzene rings is 1. The summed E-state index contributed by atoms with van der Waals surface area (Å²) in [7, 11) is 0. The number of amides is 1. The summed E-state index contributed by atoms with van der Waals surface area (Å²) < 4.78 is 53.0. The normalized spacial score (nSPS) is 17.4. The molecule has 1 atom stereocenters. The predicted octanol–water partition coefficient (Wildman–Crippen LogP) is 4.10. The Morgan fingerprint density at radius 1 is 1.22 bits per heavy atom. The third kappa shape index (κ3) is 3.98. The smallest absolute Gasteiger partial charge is 0.383 e. The molecule has 186 valence electrons. The van der Waals surface area contributed by atoms with Crippen LogP contribution in [0.15, 0.2) is 30.7 Å². The number of nitrogens with two attached hydrogens (primary N) is 1. The zero-order chi connectivity index (χ0) is 25.8. The molecule has 0 saturated carbocycles. The summed E-state index contributed by atoms with van der Waals surface area (Å²) in [5.41, 5.74) is 6.37. The highest BCUT2D eigenvalue weighted by atomic mass is 35.5. The fraction of sp³-hybridized carbons (Fsp3) is 0.273. The second kappa shape index (κ2) is 8.36. The van der Waals surface area contributed by atoms with Gasteiger partial charge in [0.15, 0.2) is 11.5 Å². The molecule has 0 radical (unpaired) electrons. The Morgan fingerprint density at radius 3 is 2.72 bits per heavy atom. The number of aromatic nitrogens is 6. The first-order valence-corrected chi connectivity index (χ1v) is 11.1. The van der Waals surface area contributed by atoms with E-state index in [1.54, 1.807) is 6.92 Å². The van der Waals surface area contributed by atoms with Crippen LogP contribution in [0.5, 0.6) is 0 Å². The summed E-state index contributed by atoms with van der Waals surface area (Å²) >= 11 is 5.94. The van der Waals surface area contributed by atoms with Crippen LogP contribution in [0.25, 0.3) is 17.2 Å². The molecule has 0 bridgehead atoms. The maximum absolute atomic E-state index is 13.7. The van der Waals surface area contributed by atoms with E-state index in [9.17, 15) is 22.4 Å². The Kier molecular flexibility index (Phi) is 5.54. The molecule has 3 N–H and O–H groups in total. The van der Waals surface area contributed by atoms with Crippen LogP contribution in [-0.2, 0) is 16.6 Å². The van der Waals surface area contributed by atoms with E-state index in [2.05, 4.69) is 30.4 Å². The lowest BCUT2D eigenvalue weighted by molar-refractivity contribution is -0.135. The molecular weight excluding hydrogens is 504 g/mol. The highest BCUT2D eigenvalue weighted by Crippen LogP contribution is 2.45. The average Bonchev–Trinajstić information content (AvgIpc) is 3.37. The molecule has 3 aromatic heterocycles. The van der Waals surface area contributed by atoms with E-state index in [-0.39, 0.29) is 52.3 Å². The summed E-state index contributed by atoms with van der Waals surface area (Å²) in [5, 5.41) is 6.57. The van der Waals surface area contributed by atoms with Crippen LogP contribution in [0.2, 0.25) is 5.02 Å². The second-order valence-corrected chi connectivity index (χ2v) is 8.84. The number of alkyl halides is 3. The molecule has 1 amide bonds. The van der Waals surface area contributed by atoms with Crippen molar-refractivity contribution in [3.05, 3.63) is 58.4 Å². The van der Waals surface area contributed by atoms with Gasteiger partial charge in [0.2, 0.25) is 5.91 Å². The molecule has 9 nitrogen and oxygen atoms in total. The number of hydrogen-bond acceptors (Lipinski definition) is 7. The van der Waals surface area contributed by atoms with Gasteiger partial charge in [-0.2, -0.15) is 18.3 Å².